The van der Waals surface area contributed by atoms with Crippen LogP contribution >= 0.6 is 0 Å². The van der Waals surface area contributed by atoms with Crippen molar-refractivity contribution >= 4 is 28.4 Å². The molecule has 0 saturated heterocycles. The summed E-state index contributed by atoms with van der Waals surface area (Å²) < 4.78 is 0. The lowest BCUT2D eigenvalue weighted by atomic mass is 10.1. The quantitative estimate of drug-likeness (QED) is 0.775. The highest BCUT2D eigenvalue weighted by Crippen LogP contribution is 2.19. The Hall–Kier alpha value is -3.21. The Morgan fingerprint density at radius 1 is 1.12 bits per heavy atom. The summed E-state index contributed by atoms with van der Waals surface area (Å²) in [5.41, 5.74) is 8.71. The number of nitrogens with one attached hydrogen (secondary N) is 1. The number of nitrogens with two attached hydrogens (primary N) is 1. The highest BCUT2D eigenvalue weighted by atomic mass is 16.2. The number of benzene rings is 2. The summed E-state index contributed by atoms with van der Waals surface area (Å²) in [5, 5.41) is 3.82. The van der Waals surface area contributed by atoms with E-state index in [1.54, 1.807) is 31.3 Å². The SMILES string of the molecule is Cc1c(NC(=O)Cc2cnc3ccccc3c2)cccc1C(N)=O. The summed E-state index contributed by atoms with van der Waals surface area (Å²) in [5.74, 6) is -0.681. The summed E-state index contributed by atoms with van der Waals surface area (Å²) in [6, 6.07) is 14.8. The van der Waals surface area contributed by atoms with Crippen LogP contribution < -0.4 is 11.1 Å². The Morgan fingerprint density at radius 3 is 2.71 bits per heavy atom. The maximum atomic E-state index is 12.3. The van der Waals surface area contributed by atoms with Crippen LogP contribution in [-0.2, 0) is 11.2 Å². The van der Waals surface area contributed by atoms with E-state index in [1.165, 1.54) is 0 Å². The molecule has 0 aliphatic rings. The largest absolute Gasteiger partial charge is 0.366 e. The number of carbonyl (C=O) groups excluding carboxylic acids is 2. The normalized spacial score (nSPS) is 10.5. The van der Waals surface area contributed by atoms with Gasteiger partial charge in [-0.15, -0.1) is 0 Å². The van der Waals surface area contributed by atoms with Crippen LogP contribution in [0.15, 0.2) is 54.7 Å². The number of rotatable bonds is 4. The third-order valence-electron chi connectivity index (χ3n) is 3.89. The number of anilines is 1. The lowest BCUT2D eigenvalue weighted by Gasteiger charge is -2.11. The fraction of sp³-hybridized carbons (Fsp3) is 0.105. The molecule has 3 rings (SSSR count). The molecule has 0 saturated carbocycles. The fourth-order valence-corrected chi connectivity index (χ4v) is 2.63. The van der Waals surface area contributed by atoms with Gasteiger partial charge < -0.3 is 11.1 Å². The monoisotopic (exact) mass is 319 g/mol. The number of primary amides is 1. The van der Waals surface area contributed by atoms with Crippen LogP contribution in [-0.4, -0.2) is 16.8 Å². The maximum absolute atomic E-state index is 12.3. The molecule has 0 bridgehead atoms. The Kier molecular flexibility index (Phi) is 4.24. The Bertz CT molecular complexity index is 935. The summed E-state index contributed by atoms with van der Waals surface area (Å²) in [7, 11) is 0. The number of para-hydroxylation sites is 1. The molecule has 120 valence electrons. The van der Waals surface area contributed by atoms with E-state index in [2.05, 4.69) is 10.3 Å². The maximum Gasteiger partial charge on any atom is 0.249 e. The van der Waals surface area contributed by atoms with Crippen molar-refractivity contribution < 1.29 is 9.59 Å². The zero-order chi connectivity index (χ0) is 17.1. The van der Waals surface area contributed by atoms with Crippen LogP contribution in [0.3, 0.4) is 0 Å². The third-order valence-corrected chi connectivity index (χ3v) is 3.89. The second kappa shape index (κ2) is 6.50. The lowest BCUT2D eigenvalue weighted by Crippen LogP contribution is -2.18. The summed E-state index contributed by atoms with van der Waals surface area (Å²) in [6.07, 6.45) is 1.91. The van der Waals surface area contributed by atoms with Gasteiger partial charge in [0.1, 0.15) is 0 Å². The van der Waals surface area contributed by atoms with Gasteiger partial charge in [-0.2, -0.15) is 0 Å². The number of nitrogens with zero attached hydrogens (tertiary/aromatic N) is 1. The molecule has 0 aliphatic carbocycles. The van der Waals surface area contributed by atoms with E-state index < -0.39 is 5.91 Å². The summed E-state index contributed by atoms with van der Waals surface area (Å²) >= 11 is 0. The van der Waals surface area contributed by atoms with Crippen molar-refractivity contribution in [3.05, 3.63) is 71.4 Å². The number of hydrogen-bond donors (Lipinski definition) is 2. The highest BCUT2D eigenvalue weighted by Gasteiger charge is 2.11. The average molecular weight is 319 g/mol. The van der Waals surface area contributed by atoms with Crippen molar-refractivity contribution in [3.8, 4) is 0 Å². The minimum Gasteiger partial charge on any atom is -0.366 e. The van der Waals surface area contributed by atoms with Gasteiger partial charge in [0.05, 0.1) is 11.9 Å². The van der Waals surface area contributed by atoms with Gasteiger partial charge in [-0.3, -0.25) is 14.6 Å². The standard InChI is InChI=1S/C19H17N3O2/c1-12-15(19(20)24)6-4-8-16(12)22-18(23)10-13-9-14-5-2-3-7-17(14)21-11-13/h2-9,11H,10H2,1H3,(H2,20,24)(H,22,23). The van der Waals surface area contributed by atoms with Crippen LogP contribution in [0, 0.1) is 6.92 Å². The summed E-state index contributed by atoms with van der Waals surface area (Å²) in [4.78, 5) is 28.0. The first-order valence-electron chi connectivity index (χ1n) is 7.57. The predicted molar refractivity (Wildman–Crippen MR) is 93.8 cm³/mol. The third kappa shape index (κ3) is 3.25. The topological polar surface area (TPSA) is 85.1 Å². The molecule has 2 amide bonds. The Morgan fingerprint density at radius 2 is 1.92 bits per heavy atom. The van der Waals surface area contributed by atoms with Gasteiger partial charge in [0, 0.05) is 22.8 Å². The van der Waals surface area contributed by atoms with Gasteiger partial charge in [-0.25, -0.2) is 0 Å². The van der Waals surface area contributed by atoms with Gasteiger partial charge in [0.15, 0.2) is 0 Å². The number of pyridine rings is 1. The molecule has 3 N–H and O–H groups in total. The molecule has 1 heterocycles. The van der Waals surface area contributed by atoms with E-state index in [9.17, 15) is 9.59 Å². The molecule has 0 radical (unpaired) electrons. The molecule has 0 fully saturated rings. The van der Waals surface area contributed by atoms with E-state index in [1.807, 2.05) is 30.3 Å². The molecule has 0 spiro atoms. The van der Waals surface area contributed by atoms with Crippen LogP contribution in [0.2, 0.25) is 0 Å². The van der Waals surface area contributed by atoms with E-state index in [0.717, 1.165) is 16.5 Å². The van der Waals surface area contributed by atoms with Crippen LogP contribution in [0.5, 0.6) is 0 Å². The lowest BCUT2D eigenvalue weighted by molar-refractivity contribution is -0.115. The van der Waals surface area contributed by atoms with Gasteiger partial charge >= 0.3 is 0 Å². The van der Waals surface area contributed by atoms with E-state index in [4.69, 9.17) is 5.73 Å². The number of carbonyl (C=O) groups is 2. The second-order valence-corrected chi connectivity index (χ2v) is 5.60. The van der Waals surface area contributed by atoms with Crippen LogP contribution in [0.4, 0.5) is 5.69 Å². The van der Waals surface area contributed by atoms with E-state index >= 15 is 0 Å². The van der Waals surface area contributed by atoms with E-state index in [-0.39, 0.29) is 12.3 Å². The Labute approximate surface area is 139 Å². The van der Waals surface area contributed by atoms with Crippen LogP contribution in [0.1, 0.15) is 21.5 Å². The molecule has 0 unspecified atom stereocenters. The molecule has 24 heavy (non-hydrogen) atoms. The number of amides is 2. The second-order valence-electron chi connectivity index (χ2n) is 5.60. The molecule has 2 aromatic carbocycles. The van der Waals surface area contributed by atoms with Crippen LogP contribution in [0.25, 0.3) is 10.9 Å². The first-order chi connectivity index (χ1) is 11.5. The number of fused-ring (bicyclic) bond motifs is 1. The molecule has 5 nitrogen and oxygen atoms in total. The minimum atomic E-state index is -0.512. The zero-order valence-corrected chi connectivity index (χ0v) is 13.2. The minimum absolute atomic E-state index is 0.170. The van der Waals surface area contributed by atoms with Gasteiger partial charge in [-0.05, 0) is 42.3 Å². The number of hydrogen-bond acceptors (Lipinski definition) is 3. The molecular formula is C19H17N3O2. The van der Waals surface area contributed by atoms with Gasteiger partial charge in [-0.1, -0.05) is 24.3 Å². The molecule has 0 atom stereocenters. The average Bonchev–Trinajstić information content (AvgIpc) is 2.56. The van der Waals surface area contributed by atoms with Gasteiger partial charge in [0.25, 0.3) is 0 Å². The Balaban J connectivity index is 1.78. The molecule has 5 heteroatoms. The molecular weight excluding hydrogens is 302 g/mol. The van der Waals surface area contributed by atoms with Crippen molar-refractivity contribution in [2.24, 2.45) is 5.73 Å². The fourth-order valence-electron chi connectivity index (χ4n) is 2.63. The first-order valence-corrected chi connectivity index (χ1v) is 7.57. The zero-order valence-electron chi connectivity index (χ0n) is 13.2. The smallest absolute Gasteiger partial charge is 0.249 e. The van der Waals surface area contributed by atoms with Crippen molar-refractivity contribution in [2.45, 2.75) is 13.3 Å². The molecule has 3 aromatic rings. The number of aromatic nitrogens is 1. The van der Waals surface area contributed by atoms with Crippen molar-refractivity contribution in [1.82, 2.24) is 4.98 Å². The summed E-state index contributed by atoms with van der Waals surface area (Å²) in [6.45, 7) is 1.76. The molecule has 1 aromatic heterocycles. The van der Waals surface area contributed by atoms with Crippen molar-refractivity contribution in [3.63, 3.8) is 0 Å². The molecule has 0 aliphatic heterocycles. The highest BCUT2D eigenvalue weighted by molar-refractivity contribution is 5.99. The first kappa shape index (κ1) is 15.7. The van der Waals surface area contributed by atoms with Crippen molar-refractivity contribution in [1.29, 1.82) is 0 Å². The predicted octanol–water partition coefficient (Wildman–Crippen LogP) is 2.82. The van der Waals surface area contributed by atoms with E-state index in [0.29, 0.717) is 16.8 Å². The van der Waals surface area contributed by atoms with Gasteiger partial charge in [0.2, 0.25) is 11.8 Å². The van der Waals surface area contributed by atoms with Crippen molar-refractivity contribution in [2.75, 3.05) is 5.32 Å².